The Balaban J connectivity index is 1.26. The van der Waals surface area contributed by atoms with Gasteiger partial charge in [0.05, 0.1) is 7.11 Å². The van der Waals surface area contributed by atoms with Gasteiger partial charge in [-0.2, -0.15) is 0 Å². The van der Waals surface area contributed by atoms with Crippen LogP contribution in [-0.4, -0.2) is 53.1 Å². The van der Waals surface area contributed by atoms with Crippen LogP contribution < -0.4 is 19.6 Å². The Morgan fingerprint density at radius 1 is 0.870 bits per heavy atom. The molecule has 2 atom stereocenters. The van der Waals surface area contributed by atoms with Crippen molar-refractivity contribution in [3.8, 4) is 17.2 Å². The summed E-state index contributed by atoms with van der Waals surface area (Å²) in [7, 11) is -0.121. The van der Waals surface area contributed by atoms with Crippen molar-refractivity contribution in [1.82, 2.24) is 4.90 Å². The first-order valence-corrected chi connectivity index (χ1v) is 20.6. The number of nitrogens with two attached hydrogens (primary N) is 1. The van der Waals surface area contributed by atoms with Crippen LogP contribution in [0, 0.1) is 0 Å². The van der Waals surface area contributed by atoms with E-state index in [0.29, 0.717) is 12.5 Å². The molecule has 2 N–H and O–H groups in total. The summed E-state index contributed by atoms with van der Waals surface area (Å²) in [5.41, 5.74) is 13.4. The second-order valence-corrected chi connectivity index (χ2v) is 19.8. The van der Waals surface area contributed by atoms with Crippen LogP contribution in [0.5, 0.6) is 17.2 Å². The number of nitrogens with zero attached hydrogens (tertiary/aromatic N) is 1. The number of hydrogen-bond donors (Lipinski definition) is 1. The van der Waals surface area contributed by atoms with Crippen molar-refractivity contribution in [2.24, 2.45) is 5.73 Å². The lowest BCUT2D eigenvalue weighted by Crippen LogP contribution is -2.43. The highest BCUT2D eigenvalue weighted by molar-refractivity contribution is 6.74. The maximum atomic E-state index is 6.65. The Bertz CT molecular complexity index is 1410. The van der Waals surface area contributed by atoms with Gasteiger partial charge in [-0.25, -0.2) is 0 Å². The number of rotatable bonds is 12. The standard InChI is InChI=1S/C40H58N2O3Si/c1-40(2,3)46(5,6)45-37-18-15-31-26-33(14-13-32(31)27-37)38-20-19-36(43-4)28-39(38)34(29-41)25-30-11-16-35(17-12-30)44-24-23-42-21-9-7-8-10-22-42/h11-12,15-20,27-28,33-34H,7-10,13-14,21-26,29,41H2,1-6H3. The molecule has 1 aliphatic heterocycles. The molecule has 3 aromatic carbocycles. The molecule has 2 aliphatic rings. The van der Waals surface area contributed by atoms with Crippen molar-refractivity contribution in [3.63, 3.8) is 0 Å². The van der Waals surface area contributed by atoms with Gasteiger partial charge in [-0.15, -0.1) is 0 Å². The molecule has 0 radical (unpaired) electrons. The van der Waals surface area contributed by atoms with Gasteiger partial charge in [0.15, 0.2) is 0 Å². The lowest BCUT2D eigenvalue weighted by Gasteiger charge is -2.37. The van der Waals surface area contributed by atoms with E-state index in [0.717, 1.165) is 56.1 Å². The fourth-order valence-electron chi connectivity index (χ4n) is 6.89. The fraction of sp³-hybridized carbons (Fsp3) is 0.550. The van der Waals surface area contributed by atoms with E-state index in [1.54, 1.807) is 7.11 Å². The summed E-state index contributed by atoms with van der Waals surface area (Å²) in [6, 6.07) is 22.1. The zero-order valence-corrected chi connectivity index (χ0v) is 30.4. The number of ether oxygens (including phenoxy) is 2. The summed E-state index contributed by atoms with van der Waals surface area (Å²) in [5.74, 6) is 3.54. The van der Waals surface area contributed by atoms with E-state index in [-0.39, 0.29) is 11.0 Å². The van der Waals surface area contributed by atoms with Crippen molar-refractivity contribution in [1.29, 1.82) is 0 Å². The molecule has 1 fully saturated rings. The van der Waals surface area contributed by atoms with Crippen molar-refractivity contribution in [2.45, 2.75) is 102 Å². The van der Waals surface area contributed by atoms with Gasteiger partial charge in [0.2, 0.25) is 8.32 Å². The van der Waals surface area contributed by atoms with E-state index in [1.807, 2.05) is 0 Å². The number of benzene rings is 3. The zero-order valence-electron chi connectivity index (χ0n) is 29.4. The molecule has 0 bridgehead atoms. The number of aryl methyl sites for hydroxylation is 1. The van der Waals surface area contributed by atoms with E-state index < -0.39 is 8.32 Å². The first-order chi connectivity index (χ1) is 22.1. The Labute approximate surface area is 280 Å². The van der Waals surface area contributed by atoms with Crippen LogP contribution in [0.4, 0.5) is 0 Å². The highest BCUT2D eigenvalue weighted by Crippen LogP contribution is 2.41. The average Bonchev–Trinajstić information content (AvgIpc) is 3.32. The van der Waals surface area contributed by atoms with Gasteiger partial charge in [-0.3, -0.25) is 4.90 Å². The highest BCUT2D eigenvalue weighted by atomic mass is 28.4. The lowest BCUT2D eigenvalue weighted by molar-refractivity contribution is 0.214. The number of methoxy groups -OCH3 is 1. The summed E-state index contributed by atoms with van der Waals surface area (Å²) in [6.45, 7) is 16.3. The lowest BCUT2D eigenvalue weighted by atomic mass is 9.76. The molecule has 250 valence electrons. The third kappa shape index (κ3) is 8.75. The van der Waals surface area contributed by atoms with Crippen LogP contribution in [0.25, 0.3) is 0 Å². The monoisotopic (exact) mass is 642 g/mol. The van der Waals surface area contributed by atoms with Gasteiger partial charge in [0, 0.05) is 12.5 Å². The van der Waals surface area contributed by atoms with Crippen LogP contribution in [0.15, 0.2) is 60.7 Å². The fourth-order valence-corrected chi connectivity index (χ4v) is 7.91. The van der Waals surface area contributed by atoms with Crippen molar-refractivity contribution in [3.05, 3.63) is 88.5 Å². The van der Waals surface area contributed by atoms with E-state index >= 15 is 0 Å². The Hall–Kier alpha value is -2.80. The molecule has 5 rings (SSSR count). The van der Waals surface area contributed by atoms with Gasteiger partial charge < -0.3 is 19.6 Å². The first kappa shape index (κ1) is 34.5. The van der Waals surface area contributed by atoms with Gasteiger partial charge in [-0.05, 0) is 146 Å². The molecule has 0 saturated carbocycles. The van der Waals surface area contributed by atoms with Gasteiger partial charge in [0.1, 0.15) is 23.9 Å². The minimum atomic E-state index is -1.87. The number of likely N-dealkylation sites (tertiary alicyclic amines) is 1. The molecule has 1 saturated heterocycles. The molecule has 0 aromatic heterocycles. The first-order valence-electron chi connectivity index (χ1n) is 17.7. The number of hydrogen-bond acceptors (Lipinski definition) is 5. The van der Waals surface area contributed by atoms with Crippen LogP contribution in [-0.2, 0) is 19.3 Å². The van der Waals surface area contributed by atoms with Gasteiger partial charge in [-0.1, -0.05) is 57.9 Å². The summed E-state index contributed by atoms with van der Waals surface area (Å²) in [4.78, 5) is 2.55. The smallest absolute Gasteiger partial charge is 0.250 e. The summed E-state index contributed by atoms with van der Waals surface area (Å²) in [5, 5.41) is 0.181. The van der Waals surface area contributed by atoms with Crippen molar-refractivity contribution < 1.29 is 13.9 Å². The van der Waals surface area contributed by atoms with Crippen LogP contribution in [0.1, 0.15) is 92.5 Å². The predicted octanol–water partition coefficient (Wildman–Crippen LogP) is 8.89. The average molecular weight is 643 g/mol. The molecular weight excluding hydrogens is 585 g/mol. The SMILES string of the molecule is COc1ccc(C2CCc3cc(O[Si](C)(C)C(C)(C)C)ccc3C2)c(C(CN)Cc2ccc(OCCN3CCCCCC3)cc2)c1. The molecule has 1 aliphatic carbocycles. The minimum absolute atomic E-state index is 0.181. The second-order valence-electron chi connectivity index (χ2n) is 15.1. The second kappa shape index (κ2) is 15.4. The molecule has 6 heteroatoms. The van der Waals surface area contributed by atoms with E-state index in [1.165, 1.54) is 66.6 Å². The molecule has 1 heterocycles. The predicted molar refractivity (Wildman–Crippen MR) is 194 cm³/mol. The van der Waals surface area contributed by atoms with E-state index in [4.69, 9.17) is 19.6 Å². The van der Waals surface area contributed by atoms with Gasteiger partial charge >= 0.3 is 0 Å². The van der Waals surface area contributed by atoms with Gasteiger partial charge in [0.25, 0.3) is 0 Å². The molecule has 46 heavy (non-hydrogen) atoms. The highest BCUT2D eigenvalue weighted by Gasteiger charge is 2.39. The van der Waals surface area contributed by atoms with Crippen molar-refractivity contribution >= 4 is 8.32 Å². The quantitative estimate of drug-likeness (QED) is 0.200. The van der Waals surface area contributed by atoms with Crippen LogP contribution in [0.2, 0.25) is 18.1 Å². The summed E-state index contributed by atoms with van der Waals surface area (Å²) >= 11 is 0. The third-order valence-corrected chi connectivity index (χ3v) is 15.2. The molecule has 5 nitrogen and oxygen atoms in total. The van der Waals surface area contributed by atoms with Crippen molar-refractivity contribution in [2.75, 3.05) is 39.9 Å². The Morgan fingerprint density at radius 3 is 2.24 bits per heavy atom. The molecular formula is C40H58N2O3Si. The van der Waals surface area contributed by atoms with Crippen LogP contribution >= 0.6 is 0 Å². The molecule has 3 aromatic rings. The largest absolute Gasteiger partial charge is 0.543 e. The maximum Gasteiger partial charge on any atom is 0.250 e. The van der Waals surface area contributed by atoms with E-state index in [9.17, 15) is 0 Å². The topological polar surface area (TPSA) is 57.0 Å². The number of fused-ring (bicyclic) bond motifs is 1. The Morgan fingerprint density at radius 2 is 1.57 bits per heavy atom. The minimum Gasteiger partial charge on any atom is -0.543 e. The maximum absolute atomic E-state index is 6.65. The van der Waals surface area contributed by atoms with E-state index in [2.05, 4.69) is 99.4 Å². The summed E-state index contributed by atoms with van der Waals surface area (Å²) in [6.07, 6.45) is 9.47. The van der Waals surface area contributed by atoms with Crippen LogP contribution in [0.3, 0.4) is 0 Å². The third-order valence-electron chi connectivity index (χ3n) is 10.8. The Kier molecular flexibility index (Phi) is 11.6. The molecule has 0 amide bonds. The molecule has 0 spiro atoms. The summed E-state index contributed by atoms with van der Waals surface area (Å²) < 4.78 is 18.5. The zero-order chi connectivity index (χ0) is 32.7. The normalized spacial score (nSPS) is 18.4. The molecule has 2 unspecified atom stereocenters.